The van der Waals surface area contributed by atoms with E-state index in [2.05, 4.69) is 9.23 Å². The Kier molecular flexibility index (Phi) is 7.92. The highest BCUT2D eigenvalue weighted by Gasteiger charge is 2.28. The van der Waals surface area contributed by atoms with Crippen molar-refractivity contribution in [2.24, 2.45) is 5.92 Å². The summed E-state index contributed by atoms with van der Waals surface area (Å²) in [5, 5.41) is 0. The summed E-state index contributed by atoms with van der Waals surface area (Å²) in [7, 11) is 1.40. The smallest absolute Gasteiger partial charge is 0.340 e. The first-order valence-corrected chi connectivity index (χ1v) is 10.6. The van der Waals surface area contributed by atoms with Gasteiger partial charge < -0.3 is 14.5 Å². The van der Waals surface area contributed by atoms with Crippen LogP contribution in [-0.4, -0.2) is 46.2 Å². The van der Waals surface area contributed by atoms with Crippen molar-refractivity contribution in [3.05, 3.63) is 59.4 Å². The topological polar surface area (TPSA) is 85.3 Å². The first-order valence-electron chi connectivity index (χ1n) is 9.61. The lowest BCUT2D eigenvalue weighted by molar-refractivity contribution is -0.0955. The first kappa shape index (κ1) is 22.4. The van der Waals surface area contributed by atoms with Gasteiger partial charge in [-0.25, -0.2) is 4.39 Å². The second-order valence-corrected chi connectivity index (χ2v) is 7.63. The van der Waals surface area contributed by atoms with Crippen molar-refractivity contribution in [2.75, 3.05) is 26.7 Å². The lowest BCUT2D eigenvalue weighted by Crippen LogP contribution is -2.37. The SMILES string of the molecule is COc1c(OOS(=O)O)cccc1C(=O)C1CCN(CCc2ccc(F)cc2)CC1. The quantitative estimate of drug-likeness (QED) is 0.278. The molecule has 0 aliphatic carbocycles. The molecule has 0 spiro atoms. The van der Waals surface area contributed by atoms with Crippen LogP contribution >= 0.6 is 0 Å². The van der Waals surface area contributed by atoms with Crippen LogP contribution in [0, 0.1) is 11.7 Å². The Morgan fingerprint density at radius 3 is 2.53 bits per heavy atom. The van der Waals surface area contributed by atoms with Gasteiger partial charge in [-0.05, 0) is 62.2 Å². The first-order chi connectivity index (χ1) is 14.5. The van der Waals surface area contributed by atoms with Crippen LogP contribution in [0.2, 0.25) is 0 Å². The van der Waals surface area contributed by atoms with Gasteiger partial charge in [0.15, 0.2) is 11.5 Å². The molecule has 0 radical (unpaired) electrons. The third kappa shape index (κ3) is 5.85. The fourth-order valence-electron chi connectivity index (χ4n) is 3.63. The van der Waals surface area contributed by atoms with Gasteiger partial charge in [0.05, 0.1) is 12.7 Å². The van der Waals surface area contributed by atoms with E-state index in [1.165, 1.54) is 25.3 Å². The number of nitrogens with zero attached hydrogens (tertiary/aromatic N) is 1. The molecule has 0 amide bonds. The Morgan fingerprint density at radius 2 is 1.90 bits per heavy atom. The number of methoxy groups -OCH3 is 1. The van der Waals surface area contributed by atoms with Gasteiger partial charge in [0, 0.05) is 12.5 Å². The van der Waals surface area contributed by atoms with Crippen molar-refractivity contribution in [3.8, 4) is 11.5 Å². The molecule has 9 heteroatoms. The van der Waals surface area contributed by atoms with E-state index in [-0.39, 0.29) is 29.0 Å². The number of Topliss-reactive ketones (excluding diaryl/α,β-unsaturated/α-hetero) is 1. The largest absolute Gasteiger partial charge is 0.492 e. The van der Waals surface area contributed by atoms with Gasteiger partial charge in [-0.3, -0.25) is 9.35 Å². The van der Waals surface area contributed by atoms with Crippen LogP contribution in [-0.2, 0) is 22.1 Å². The van der Waals surface area contributed by atoms with Crippen molar-refractivity contribution in [1.29, 1.82) is 0 Å². The van der Waals surface area contributed by atoms with E-state index in [0.717, 1.165) is 31.6 Å². The number of para-hydroxylation sites is 1. The monoisotopic (exact) mass is 437 g/mol. The maximum absolute atomic E-state index is 13.0. The summed E-state index contributed by atoms with van der Waals surface area (Å²) < 4.78 is 41.9. The van der Waals surface area contributed by atoms with E-state index in [0.29, 0.717) is 18.4 Å². The van der Waals surface area contributed by atoms with Crippen molar-refractivity contribution < 1.29 is 31.9 Å². The third-order valence-corrected chi connectivity index (χ3v) is 5.40. The molecule has 0 aromatic heterocycles. The maximum atomic E-state index is 13.0. The molecule has 2 aromatic rings. The van der Waals surface area contributed by atoms with Crippen molar-refractivity contribution in [2.45, 2.75) is 19.3 Å². The maximum Gasteiger partial charge on any atom is 0.340 e. The number of carbonyl (C=O) groups excluding carboxylic acids is 1. The van der Waals surface area contributed by atoms with Gasteiger partial charge in [0.1, 0.15) is 5.82 Å². The second kappa shape index (κ2) is 10.6. The Hall–Kier alpha value is -2.33. The standard InChI is InChI=1S/C21H24FNO6S/c1-27-21-18(3-2-4-19(21)28-29-30(25)26)20(24)16-10-13-23(14-11-16)12-9-15-5-7-17(22)8-6-15/h2-8,16H,9-14H2,1H3,(H,25,26). The third-order valence-electron chi connectivity index (χ3n) is 5.22. The summed E-state index contributed by atoms with van der Waals surface area (Å²) in [6.45, 7) is 2.44. The summed E-state index contributed by atoms with van der Waals surface area (Å²) in [6, 6.07) is 11.3. The van der Waals surface area contributed by atoms with E-state index in [9.17, 15) is 13.4 Å². The highest BCUT2D eigenvalue weighted by molar-refractivity contribution is 7.74. The number of carbonyl (C=O) groups is 1. The van der Waals surface area contributed by atoms with Crippen LogP contribution in [0.5, 0.6) is 11.5 Å². The Morgan fingerprint density at radius 1 is 1.20 bits per heavy atom. The Balaban J connectivity index is 1.57. The molecule has 0 bridgehead atoms. The number of hydrogen-bond donors (Lipinski definition) is 1. The number of halogens is 1. The normalized spacial score (nSPS) is 16.2. The molecular formula is C21H24FNO6S. The molecule has 7 nitrogen and oxygen atoms in total. The van der Waals surface area contributed by atoms with Crippen LogP contribution in [0.25, 0.3) is 0 Å². The summed E-state index contributed by atoms with van der Waals surface area (Å²) >= 11 is -2.61. The fraction of sp³-hybridized carbons (Fsp3) is 0.381. The summed E-state index contributed by atoms with van der Waals surface area (Å²) in [6.07, 6.45) is 2.26. The minimum absolute atomic E-state index is 0.0550. The van der Waals surface area contributed by atoms with Crippen molar-refractivity contribution in [1.82, 2.24) is 4.90 Å². The van der Waals surface area contributed by atoms with E-state index >= 15 is 0 Å². The van der Waals surface area contributed by atoms with E-state index in [1.807, 2.05) is 0 Å². The summed E-state index contributed by atoms with van der Waals surface area (Å²) in [5.41, 5.74) is 1.44. The van der Waals surface area contributed by atoms with E-state index in [1.54, 1.807) is 24.3 Å². The highest BCUT2D eigenvalue weighted by Crippen LogP contribution is 2.34. The number of ketones is 1. The van der Waals surface area contributed by atoms with Gasteiger partial charge >= 0.3 is 11.4 Å². The number of hydrogen-bond acceptors (Lipinski definition) is 6. The minimum atomic E-state index is -2.61. The van der Waals surface area contributed by atoms with Gasteiger partial charge in [0.2, 0.25) is 5.75 Å². The molecule has 3 rings (SSSR count). The summed E-state index contributed by atoms with van der Waals surface area (Å²) in [5.74, 6) is -0.210. The van der Waals surface area contributed by atoms with Gasteiger partial charge in [-0.2, -0.15) is 4.21 Å². The number of piperidine rings is 1. The Labute approximate surface area is 177 Å². The zero-order chi connectivity index (χ0) is 21.5. The van der Waals surface area contributed by atoms with E-state index in [4.69, 9.17) is 14.2 Å². The zero-order valence-electron chi connectivity index (χ0n) is 16.6. The lowest BCUT2D eigenvalue weighted by Gasteiger charge is -2.31. The van der Waals surface area contributed by atoms with Crippen LogP contribution in [0.15, 0.2) is 42.5 Å². The average Bonchev–Trinajstić information content (AvgIpc) is 2.76. The highest BCUT2D eigenvalue weighted by atomic mass is 32.2. The van der Waals surface area contributed by atoms with Gasteiger partial charge in [0.25, 0.3) is 0 Å². The molecule has 0 saturated carbocycles. The molecular weight excluding hydrogens is 413 g/mol. The number of benzene rings is 2. The number of ether oxygens (including phenoxy) is 1. The molecule has 2 aromatic carbocycles. The average molecular weight is 437 g/mol. The Bertz CT molecular complexity index is 884. The molecule has 1 N–H and O–H groups in total. The van der Waals surface area contributed by atoms with Crippen LogP contribution in [0.3, 0.4) is 0 Å². The number of rotatable bonds is 9. The summed E-state index contributed by atoms with van der Waals surface area (Å²) in [4.78, 5) is 20.2. The molecule has 1 unspecified atom stereocenters. The molecule has 162 valence electrons. The fourth-order valence-corrected chi connectivity index (χ4v) is 3.76. The molecule has 1 aliphatic heterocycles. The van der Waals surface area contributed by atoms with Crippen molar-refractivity contribution in [3.63, 3.8) is 0 Å². The predicted octanol–water partition coefficient (Wildman–Crippen LogP) is 3.42. The zero-order valence-corrected chi connectivity index (χ0v) is 17.4. The molecule has 1 fully saturated rings. The minimum Gasteiger partial charge on any atom is -0.492 e. The van der Waals surface area contributed by atoms with Crippen molar-refractivity contribution >= 4 is 17.1 Å². The molecule has 1 atom stereocenters. The van der Waals surface area contributed by atoms with Crippen LogP contribution in [0.1, 0.15) is 28.8 Å². The number of likely N-dealkylation sites (tertiary alicyclic amines) is 1. The molecule has 1 aliphatic rings. The van der Waals surface area contributed by atoms with Crippen LogP contribution < -0.4 is 9.62 Å². The van der Waals surface area contributed by atoms with Gasteiger partial charge in [-0.1, -0.05) is 22.5 Å². The van der Waals surface area contributed by atoms with Gasteiger partial charge in [-0.15, -0.1) is 0 Å². The van der Waals surface area contributed by atoms with E-state index < -0.39 is 11.4 Å². The molecule has 1 saturated heterocycles. The van der Waals surface area contributed by atoms with Crippen LogP contribution in [0.4, 0.5) is 4.39 Å². The molecule has 30 heavy (non-hydrogen) atoms. The second-order valence-electron chi connectivity index (χ2n) is 7.06. The lowest BCUT2D eigenvalue weighted by atomic mass is 9.88. The molecule has 1 heterocycles. The predicted molar refractivity (Wildman–Crippen MR) is 109 cm³/mol.